The molecule has 0 spiro atoms. The van der Waals surface area contributed by atoms with Gasteiger partial charge in [-0.05, 0) is 30.0 Å². The third-order valence-corrected chi connectivity index (χ3v) is 2.45. The van der Waals surface area contributed by atoms with Gasteiger partial charge in [-0.25, -0.2) is 4.79 Å². The maximum Gasteiger partial charge on any atom is 0.336 e. The van der Waals surface area contributed by atoms with E-state index in [1.807, 2.05) is 6.07 Å². The highest BCUT2D eigenvalue weighted by Crippen LogP contribution is 2.33. The first-order chi connectivity index (χ1) is 6.20. The van der Waals surface area contributed by atoms with Crippen molar-refractivity contribution in [3.63, 3.8) is 0 Å². The molecule has 2 N–H and O–H groups in total. The minimum atomic E-state index is -0.960. The van der Waals surface area contributed by atoms with E-state index in [2.05, 4.69) is 0 Å². The van der Waals surface area contributed by atoms with E-state index >= 15 is 0 Å². The molecule has 68 valence electrons. The zero-order chi connectivity index (χ0) is 9.42. The van der Waals surface area contributed by atoms with Crippen LogP contribution in [0.1, 0.15) is 34.0 Å². The summed E-state index contributed by atoms with van der Waals surface area (Å²) in [6, 6.07) is 5.13. The fourth-order valence-electron chi connectivity index (χ4n) is 1.85. The Hall–Kier alpha value is -1.35. The minimum absolute atomic E-state index is 0.238. The van der Waals surface area contributed by atoms with E-state index in [0.717, 1.165) is 12.0 Å². The number of rotatable bonds is 1. The fraction of sp³-hybridized carbons (Fsp3) is 0.300. The molecule has 3 nitrogen and oxygen atoms in total. The molecule has 0 heterocycles. The number of benzene rings is 1. The highest BCUT2D eigenvalue weighted by atomic mass is 16.4. The van der Waals surface area contributed by atoms with Gasteiger partial charge in [-0.1, -0.05) is 12.1 Å². The number of fused-ring (bicyclic) bond motifs is 1. The molecular weight excluding hydrogens is 168 g/mol. The molecule has 0 fully saturated rings. The molecule has 1 aliphatic carbocycles. The Labute approximate surface area is 75.6 Å². The maximum absolute atomic E-state index is 10.8. The van der Waals surface area contributed by atoms with Crippen molar-refractivity contribution in [3.8, 4) is 0 Å². The van der Waals surface area contributed by atoms with Crippen LogP contribution in [-0.2, 0) is 6.42 Å². The molecular formula is C10H10O3. The molecule has 0 aliphatic heterocycles. The summed E-state index contributed by atoms with van der Waals surface area (Å²) in [5.41, 5.74) is 1.81. The van der Waals surface area contributed by atoms with Crippen molar-refractivity contribution >= 4 is 5.97 Å². The zero-order valence-corrected chi connectivity index (χ0v) is 7.03. The summed E-state index contributed by atoms with van der Waals surface area (Å²) in [5, 5.41) is 18.4. The minimum Gasteiger partial charge on any atom is -0.478 e. The van der Waals surface area contributed by atoms with Gasteiger partial charge in [-0.15, -0.1) is 0 Å². The lowest BCUT2D eigenvalue weighted by Gasteiger charge is -2.07. The first kappa shape index (κ1) is 8.26. The van der Waals surface area contributed by atoms with E-state index < -0.39 is 12.1 Å². The molecule has 1 aromatic rings. The van der Waals surface area contributed by atoms with Crippen molar-refractivity contribution in [2.45, 2.75) is 18.9 Å². The van der Waals surface area contributed by atoms with Crippen LogP contribution in [0.5, 0.6) is 0 Å². The third-order valence-electron chi connectivity index (χ3n) is 2.45. The highest BCUT2D eigenvalue weighted by Gasteiger charge is 2.25. The summed E-state index contributed by atoms with van der Waals surface area (Å²) in [4.78, 5) is 10.8. The van der Waals surface area contributed by atoms with Gasteiger partial charge in [0.25, 0.3) is 0 Å². The van der Waals surface area contributed by atoms with Gasteiger partial charge in [0, 0.05) is 0 Å². The Bertz CT molecular complexity index is 357. The van der Waals surface area contributed by atoms with E-state index in [9.17, 15) is 9.90 Å². The van der Waals surface area contributed by atoms with Crippen molar-refractivity contribution in [2.24, 2.45) is 0 Å². The van der Waals surface area contributed by atoms with Crippen LogP contribution < -0.4 is 0 Å². The topological polar surface area (TPSA) is 57.5 Å². The summed E-state index contributed by atoms with van der Waals surface area (Å²) >= 11 is 0. The van der Waals surface area contributed by atoms with Gasteiger partial charge in [0.15, 0.2) is 0 Å². The average Bonchev–Trinajstić information content (AvgIpc) is 2.48. The van der Waals surface area contributed by atoms with Crippen LogP contribution in [-0.4, -0.2) is 16.2 Å². The number of carboxylic acid groups (broad SMARTS) is 1. The summed E-state index contributed by atoms with van der Waals surface area (Å²) in [6.45, 7) is 0. The van der Waals surface area contributed by atoms with Crippen LogP contribution in [0.25, 0.3) is 0 Å². The zero-order valence-electron chi connectivity index (χ0n) is 7.03. The first-order valence-electron chi connectivity index (χ1n) is 4.23. The Balaban J connectivity index is 2.60. The van der Waals surface area contributed by atoms with Gasteiger partial charge in [0.05, 0.1) is 11.7 Å². The maximum atomic E-state index is 10.8. The number of aliphatic hydroxyl groups is 1. The van der Waals surface area contributed by atoms with Crippen LogP contribution >= 0.6 is 0 Å². The second kappa shape index (κ2) is 2.85. The first-order valence-corrected chi connectivity index (χ1v) is 4.23. The molecule has 2 rings (SSSR count). The van der Waals surface area contributed by atoms with E-state index in [0.29, 0.717) is 12.0 Å². The monoisotopic (exact) mass is 178 g/mol. The smallest absolute Gasteiger partial charge is 0.336 e. The lowest BCUT2D eigenvalue weighted by molar-refractivity contribution is 0.0690. The molecule has 0 bridgehead atoms. The van der Waals surface area contributed by atoms with Crippen LogP contribution in [0.15, 0.2) is 18.2 Å². The largest absolute Gasteiger partial charge is 0.478 e. The van der Waals surface area contributed by atoms with E-state index in [1.54, 1.807) is 6.07 Å². The van der Waals surface area contributed by atoms with Crippen LogP contribution in [0.2, 0.25) is 0 Å². The van der Waals surface area contributed by atoms with Crippen molar-refractivity contribution < 1.29 is 15.0 Å². The Morgan fingerprint density at radius 2 is 2.23 bits per heavy atom. The molecule has 1 unspecified atom stereocenters. The lowest BCUT2D eigenvalue weighted by Crippen LogP contribution is -2.04. The van der Waals surface area contributed by atoms with Crippen molar-refractivity contribution in [2.75, 3.05) is 0 Å². The summed E-state index contributed by atoms with van der Waals surface area (Å²) in [5.74, 6) is -0.960. The predicted molar refractivity (Wildman–Crippen MR) is 46.7 cm³/mol. The number of carboxylic acids is 1. The number of aliphatic hydroxyl groups excluding tert-OH is 1. The Morgan fingerprint density at radius 1 is 1.46 bits per heavy atom. The van der Waals surface area contributed by atoms with Crippen molar-refractivity contribution in [3.05, 3.63) is 34.9 Å². The molecule has 0 saturated carbocycles. The lowest BCUT2D eigenvalue weighted by atomic mass is 10.0. The van der Waals surface area contributed by atoms with Gasteiger partial charge in [0.2, 0.25) is 0 Å². The number of hydrogen-bond acceptors (Lipinski definition) is 2. The quantitative estimate of drug-likeness (QED) is 0.682. The summed E-state index contributed by atoms with van der Waals surface area (Å²) < 4.78 is 0. The normalized spacial score (nSPS) is 19.9. The second-order valence-corrected chi connectivity index (χ2v) is 3.24. The molecule has 1 aliphatic rings. The Kier molecular flexibility index (Phi) is 1.81. The van der Waals surface area contributed by atoms with Crippen molar-refractivity contribution in [1.29, 1.82) is 0 Å². The molecule has 0 aromatic heterocycles. The van der Waals surface area contributed by atoms with E-state index in [-0.39, 0.29) is 5.56 Å². The van der Waals surface area contributed by atoms with E-state index in [4.69, 9.17) is 5.11 Å². The van der Waals surface area contributed by atoms with Crippen molar-refractivity contribution in [1.82, 2.24) is 0 Å². The van der Waals surface area contributed by atoms with Crippen LogP contribution in [0.3, 0.4) is 0 Å². The molecule has 0 radical (unpaired) electrons. The SMILES string of the molecule is O=C(O)c1cccc2c1C(O)CC2. The summed E-state index contributed by atoms with van der Waals surface area (Å²) in [7, 11) is 0. The molecule has 3 heteroatoms. The molecule has 1 atom stereocenters. The van der Waals surface area contributed by atoms with Gasteiger partial charge < -0.3 is 10.2 Å². The van der Waals surface area contributed by atoms with Crippen LogP contribution in [0, 0.1) is 0 Å². The molecule has 0 amide bonds. The highest BCUT2D eigenvalue weighted by molar-refractivity contribution is 5.90. The third kappa shape index (κ3) is 1.21. The Morgan fingerprint density at radius 3 is 2.92 bits per heavy atom. The van der Waals surface area contributed by atoms with Gasteiger partial charge in [-0.3, -0.25) is 0 Å². The number of aromatic carboxylic acids is 1. The summed E-state index contributed by atoms with van der Waals surface area (Å²) in [6.07, 6.45) is 0.819. The number of aryl methyl sites for hydroxylation is 1. The standard InChI is InChI=1S/C10H10O3/c11-8-5-4-6-2-1-3-7(9(6)8)10(12)13/h1-3,8,11H,4-5H2,(H,12,13). The van der Waals surface area contributed by atoms with Crippen LogP contribution in [0.4, 0.5) is 0 Å². The van der Waals surface area contributed by atoms with E-state index in [1.165, 1.54) is 6.07 Å². The second-order valence-electron chi connectivity index (χ2n) is 3.24. The van der Waals surface area contributed by atoms with Gasteiger partial charge in [0.1, 0.15) is 0 Å². The molecule has 13 heavy (non-hydrogen) atoms. The predicted octanol–water partition coefficient (Wildman–Crippen LogP) is 1.36. The van der Waals surface area contributed by atoms with Gasteiger partial charge >= 0.3 is 5.97 Å². The molecule has 1 aromatic carbocycles. The molecule has 0 saturated heterocycles. The van der Waals surface area contributed by atoms with Gasteiger partial charge in [-0.2, -0.15) is 0 Å². The number of hydrogen-bond donors (Lipinski definition) is 2. The number of carbonyl (C=O) groups is 1. The average molecular weight is 178 g/mol. The fourth-order valence-corrected chi connectivity index (χ4v) is 1.85.